The Morgan fingerprint density at radius 3 is 2.09 bits per heavy atom. The van der Waals surface area contributed by atoms with E-state index in [4.69, 9.17) is 0 Å². The zero-order valence-electron chi connectivity index (χ0n) is 19.6. The zero-order valence-corrected chi connectivity index (χ0v) is 20.4. The number of rotatable bonds is 7. The molecule has 6 nitrogen and oxygen atoms in total. The van der Waals surface area contributed by atoms with E-state index in [2.05, 4.69) is 4.90 Å². The Hall–Kier alpha value is -2.43. The first kappa shape index (κ1) is 26.2. The first-order valence-electron chi connectivity index (χ1n) is 11.3. The van der Waals surface area contributed by atoms with Crippen molar-refractivity contribution in [2.45, 2.75) is 38.4 Å². The van der Waals surface area contributed by atoms with Gasteiger partial charge in [0.25, 0.3) is 5.91 Å². The van der Waals surface area contributed by atoms with Crippen molar-refractivity contribution in [2.24, 2.45) is 0 Å². The fourth-order valence-electron chi connectivity index (χ4n) is 4.06. The molecule has 186 valence electrons. The van der Waals surface area contributed by atoms with Crippen molar-refractivity contribution in [3.63, 3.8) is 0 Å². The highest BCUT2D eigenvalue weighted by atomic mass is 32.2. The van der Waals surface area contributed by atoms with Crippen LogP contribution in [0, 0.1) is 6.92 Å². The Bertz CT molecular complexity index is 1110. The number of carbonyl (C=O) groups excluding carboxylic acids is 1. The maximum absolute atomic E-state index is 13.1. The monoisotopic (exact) mass is 497 g/mol. The van der Waals surface area contributed by atoms with Crippen molar-refractivity contribution in [1.82, 2.24) is 14.1 Å². The van der Waals surface area contributed by atoms with E-state index in [1.54, 1.807) is 37.8 Å². The van der Waals surface area contributed by atoms with Gasteiger partial charge in [0, 0.05) is 51.4 Å². The zero-order chi connectivity index (χ0) is 25.1. The second-order valence-corrected chi connectivity index (χ2v) is 10.2. The molecule has 0 aromatic heterocycles. The number of piperazine rings is 1. The molecule has 0 aliphatic carbocycles. The molecule has 10 heteroatoms. The lowest BCUT2D eigenvalue weighted by Crippen LogP contribution is -2.48. The fourth-order valence-corrected chi connectivity index (χ4v) is 5.77. The summed E-state index contributed by atoms with van der Waals surface area (Å²) in [4.78, 5) is 17.0. The standard InChI is InChI=1S/C24H30F3N3O3S/c1-4-30(5-2)34(32,33)22-16-20(9-6-18(22)3)23(31)29-14-12-28(13-15-29)17-19-7-10-21(11-8-19)24(25,26)27/h6-11,16H,4-5,12-15,17H2,1-3H3. The smallest absolute Gasteiger partial charge is 0.336 e. The molecule has 0 atom stereocenters. The minimum Gasteiger partial charge on any atom is -0.336 e. The molecule has 34 heavy (non-hydrogen) atoms. The Morgan fingerprint density at radius 1 is 0.971 bits per heavy atom. The highest BCUT2D eigenvalue weighted by molar-refractivity contribution is 7.89. The highest BCUT2D eigenvalue weighted by Gasteiger charge is 2.30. The molecular weight excluding hydrogens is 467 g/mol. The number of aryl methyl sites for hydroxylation is 1. The molecule has 1 saturated heterocycles. The highest BCUT2D eigenvalue weighted by Crippen LogP contribution is 2.29. The van der Waals surface area contributed by atoms with Crippen LogP contribution in [0.1, 0.15) is 40.9 Å². The molecule has 0 N–H and O–H groups in total. The molecule has 0 radical (unpaired) electrons. The van der Waals surface area contributed by atoms with Crippen LogP contribution >= 0.6 is 0 Å². The third-order valence-corrected chi connectivity index (χ3v) is 8.30. The topological polar surface area (TPSA) is 60.9 Å². The Labute approximate surface area is 199 Å². The summed E-state index contributed by atoms with van der Waals surface area (Å²) in [5.74, 6) is -0.231. The van der Waals surface area contributed by atoms with Crippen molar-refractivity contribution in [3.8, 4) is 0 Å². The number of hydrogen-bond acceptors (Lipinski definition) is 4. The number of sulfonamides is 1. The first-order valence-corrected chi connectivity index (χ1v) is 12.7. The number of carbonyl (C=O) groups is 1. The van der Waals surface area contributed by atoms with E-state index in [0.717, 1.165) is 17.7 Å². The summed E-state index contributed by atoms with van der Waals surface area (Å²) in [6, 6.07) is 9.87. The Kier molecular flexibility index (Phi) is 8.05. The average Bonchev–Trinajstić information content (AvgIpc) is 2.80. The van der Waals surface area contributed by atoms with Crippen molar-refractivity contribution in [3.05, 3.63) is 64.7 Å². The quantitative estimate of drug-likeness (QED) is 0.580. The third kappa shape index (κ3) is 5.79. The summed E-state index contributed by atoms with van der Waals surface area (Å²) in [6.07, 6.45) is -4.36. The number of hydrogen-bond donors (Lipinski definition) is 0. The predicted molar refractivity (Wildman–Crippen MR) is 124 cm³/mol. The van der Waals surface area contributed by atoms with Gasteiger partial charge >= 0.3 is 6.18 Å². The molecule has 2 aromatic carbocycles. The summed E-state index contributed by atoms with van der Waals surface area (Å²) < 4.78 is 65.6. The van der Waals surface area contributed by atoms with Gasteiger partial charge in [0.15, 0.2) is 0 Å². The van der Waals surface area contributed by atoms with Gasteiger partial charge in [0.05, 0.1) is 10.5 Å². The summed E-state index contributed by atoms with van der Waals surface area (Å²) in [5, 5.41) is 0. The van der Waals surface area contributed by atoms with Gasteiger partial charge in [-0.2, -0.15) is 17.5 Å². The van der Waals surface area contributed by atoms with E-state index in [0.29, 0.717) is 56.9 Å². The average molecular weight is 498 g/mol. The number of halogens is 3. The number of alkyl halides is 3. The van der Waals surface area contributed by atoms with E-state index in [1.807, 2.05) is 0 Å². The molecule has 1 amide bonds. The summed E-state index contributed by atoms with van der Waals surface area (Å²) in [5.41, 5.74) is 1.02. The maximum atomic E-state index is 13.1. The van der Waals surface area contributed by atoms with Crippen LogP contribution in [0.2, 0.25) is 0 Å². The van der Waals surface area contributed by atoms with Gasteiger partial charge in [0.1, 0.15) is 0 Å². The van der Waals surface area contributed by atoms with Crippen LogP contribution in [0.5, 0.6) is 0 Å². The van der Waals surface area contributed by atoms with Gasteiger partial charge < -0.3 is 4.90 Å². The van der Waals surface area contributed by atoms with E-state index in [9.17, 15) is 26.4 Å². The SMILES string of the molecule is CCN(CC)S(=O)(=O)c1cc(C(=O)N2CCN(Cc3ccc(C(F)(F)F)cc3)CC2)ccc1C. The largest absolute Gasteiger partial charge is 0.416 e. The summed E-state index contributed by atoms with van der Waals surface area (Å²) in [7, 11) is -3.69. The van der Waals surface area contributed by atoms with Crippen LogP contribution < -0.4 is 0 Å². The summed E-state index contributed by atoms with van der Waals surface area (Å²) >= 11 is 0. The molecule has 1 heterocycles. The van der Waals surface area contributed by atoms with Crippen LogP contribution in [0.25, 0.3) is 0 Å². The number of amides is 1. The second-order valence-electron chi connectivity index (χ2n) is 8.33. The normalized spacial score (nSPS) is 15.7. The minimum atomic E-state index is -4.36. The van der Waals surface area contributed by atoms with Crippen LogP contribution in [0.3, 0.4) is 0 Å². The van der Waals surface area contributed by atoms with Gasteiger partial charge in [-0.3, -0.25) is 9.69 Å². The van der Waals surface area contributed by atoms with Crippen molar-refractivity contribution >= 4 is 15.9 Å². The predicted octanol–water partition coefficient (Wildman–Crippen LogP) is 4.00. The first-order chi connectivity index (χ1) is 16.0. The molecule has 0 unspecified atom stereocenters. The lowest BCUT2D eigenvalue weighted by Gasteiger charge is -2.35. The molecule has 1 aliphatic heterocycles. The molecule has 1 aliphatic rings. The molecule has 1 fully saturated rings. The van der Waals surface area contributed by atoms with Crippen LogP contribution in [0.4, 0.5) is 13.2 Å². The van der Waals surface area contributed by atoms with E-state index in [-0.39, 0.29) is 10.8 Å². The van der Waals surface area contributed by atoms with Gasteiger partial charge in [0.2, 0.25) is 10.0 Å². The van der Waals surface area contributed by atoms with E-state index < -0.39 is 21.8 Å². The molecule has 3 rings (SSSR count). The number of benzene rings is 2. The molecule has 0 bridgehead atoms. The lowest BCUT2D eigenvalue weighted by atomic mass is 10.1. The summed E-state index contributed by atoms with van der Waals surface area (Å²) in [6.45, 7) is 8.49. The van der Waals surface area contributed by atoms with E-state index >= 15 is 0 Å². The fraction of sp³-hybridized carbons (Fsp3) is 0.458. The lowest BCUT2D eigenvalue weighted by molar-refractivity contribution is -0.137. The van der Waals surface area contributed by atoms with Gasteiger partial charge in [-0.25, -0.2) is 8.42 Å². The number of nitrogens with zero attached hydrogens (tertiary/aromatic N) is 3. The third-order valence-electron chi connectivity index (χ3n) is 6.11. The van der Waals surface area contributed by atoms with Crippen LogP contribution in [0.15, 0.2) is 47.4 Å². The Balaban J connectivity index is 1.65. The molecule has 0 saturated carbocycles. The van der Waals surface area contributed by atoms with Gasteiger partial charge in [-0.15, -0.1) is 0 Å². The van der Waals surface area contributed by atoms with Crippen LogP contribution in [-0.2, 0) is 22.7 Å². The van der Waals surface area contributed by atoms with Crippen molar-refractivity contribution in [1.29, 1.82) is 0 Å². The maximum Gasteiger partial charge on any atom is 0.416 e. The minimum absolute atomic E-state index is 0.142. The second kappa shape index (κ2) is 10.5. The molecule has 2 aromatic rings. The van der Waals surface area contributed by atoms with Crippen molar-refractivity contribution in [2.75, 3.05) is 39.3 Å². The molecule has 0 spiro atoms. The van der Waals surface area contributed by atoms with Gasteiger partial charge in [-0.05, 0) is 42.3 Å². The van der Waals surface area contributed by atoms with Crippen LogP contribution in [-0.4, -0.2) is 67.7 Å². The molecular formula is C24H30F3N3O3S. The van der Waals surface area contributed by atoms with Crippen molar-refractivity contribution < 1.29 is 26.4 Å². The van der Waals surface area contributed by atoms with E-state index in [1.165, 1.54) is 22.5 Å². The van der Waals surface area contributed by atoms with Gasteiger partial charge in [-0.1, -0.05) is 32.0 Å². The Morgan fingerprint density at radius 2 is 1.56 bits per heavy atom.